The molecule has 2 N–H and O–H groups in total. The fraction of sp³-hybridized carbons (Fsp3) is 0.353. The summed E-state index contributed by atoms with van der Waals surface area (Å²) < 4.78 is 1.58. The molecular weight excluding hydrogens is 377 g/mol. The van der Waals surface area contributed by atoms with Gasteiger partial charge < -0.3 is 15.0 Å². The van der Waals surface area contributed by atoms with Crippen molar-refractivity contribution < 1.29 is 9.90 Å². The number of H-pyrrole nitrogens is 1. The molecule has 1 amide bonds. The second-order valence-corrected chi connectivity index (χ2v) is 7.45. The lowest BCUT2D eigenvalue weighted by molar-refractivity contribution is -0.0388. The molecule has 26 heavy (non-hydrogen) atoms. The summed E-state index contributed by atoms with van der Waals surface area (Å²) in [5.74, 6) is -0.176. The van der Waals surface area contributed by atoms with Crippen LogP contribution in [0.3, 0.4) is 0 Å². The fourth-order valence-corrected chi connectivity index (χ4v) is 3.85. The van der Waals surface area contributed by atoms with Crippen LogP contribution in [0.5, 0.6) is 0 Å². The first kappa shape index (κ1) is 17.3. The van der Waals surface area contributed by atoms with Crippen molar-refractivity contribution >= 4 is 40.0 Å². The van der Waals surface area contributed by atoms with Gasteiger partial charge in [0.1, 0.15) is 11.3 Å². The molecule has 1 fully saturated rings. The number of β-amino-alcohol motifs (C(OH)–C–C–N with tert-alkyl or cyclic N) is 1. The molecule has 4 rings (SSSR count). The van der Waals surface area contributed by atoms with Crippen molar-refractivity contribution in [2.24, 2.45) is 0 Å². The van der Waals surface area contributed by atoms with Crippen LogP contribution in [-0.4, -0.2) is 54.6 Å². The van der Waals surface area contributed by atoms with E-state index in [4.69, 9.17) is 23.2 Å². The molecular formula is C17H17Cl2N5O2. The van der Waals surface area contributed by atoms with Crippen LogP contribution >= 0.6 is 23.2 Å². The van der Waals surface area contributed by atoms with E-state index in [1.165, 1.54) is 0 Å². The molecule has 1 aliphatic rings. The first-order chi connectivity index (χ1) is 12.5. The smallest absolute Gasteiger partial charge is 0.270 e. The van der Waals surface area contributed by atoms with Crippen LogP contribution in [0.15, 0.2) is 30.6 Å². The first-order valence-corrected chi connectivity index (χ1v) is 9.03. The molecule has 0 saturated carbocycles. The Kier molecular flexibility index (Phi) is 4.38. The number of nitrogens with one attached hydrogen (secondary N) is 1. The number of carbonyl (C=O) groups excluding carboxylic acids is 1. The maximum absolute atomic E-state index is 12.9. The molecule has 1 aromatic carbocycles. The van der Waals surface area contributed by atoms with Gasteiger partial charge in [0.25, 0.3) is 5.91 Å². The van der Waals surface area contributed by atoms with Crippen molar-refractivity contribution in [3.05, 3.63) is 46.3 Å². The van der Waals surface area contributed by atoms with E-state index in [-0.39, 0.29) is 12.5 Å². The predicted octanol–water partition coefficient (Wildman–Crippen LogP) is 2.73. The Balaban J connectivity index is 1.57. The molecule has 1 unspecified atom stereocenters. The molecule has 0 bridgehead atoms. The first-order valence-electron chi connectivity index (χ1n) is 8.28. The van der Waals surface area contributed by atoms with Crippen molar-refractivity contribution in [2.45, 2.75) is 25.0 Å². The van der Waals surface area contributed by atoms with Gasteiger partial charge in [-0.1, -0.05) is 28.4 Å². The summed E-state index contributed by atoms with van der Waals surface area (Å²) >= 11 is 12.3. The zero-order valence-corrected chi connectivity index (χ0v) is 15.3. The van der Waals surface area contributed by atoms with Gasteiger partial charge in [0, 0.05) is 23.6 Å². The van der Waals surface area contributed by atoms with Gasteiger partial charge in [-0.3, -0.25) is 4.79 Å². The molecule has 0 aliphatic carbocycles. The molecule has 0 spiro atoms. The number of likely N-dealkylation sites (tertiary alicyclic amines) is 1. The van der Waals surface area contributed by atoms with Gasteiger partial charge in [-0.05, 0) is 31.0 Å². The molecule has 1 aliphatic heterocycles. The minimum Gasteiger partial charge on any atom is -0.386 e. The third-order valence-electron chi connectivity index (χ3n) is 4.69. The highest BCUT2D eigenvalue weighted by Gasteiger charge is 2.36. The van der Waals surface area contributed by atoms with E-state index in [9.17, 15) is 9.90 Å². The van der Waals surface area contributed by atoms with Gasteiger partial charge >= 0.3 is 0 Å². The van der Waals surface area contributed by atoms with Gasteiger partial charge in [-0.15, -0.1) is 5.10 Å². The third kappa shape index (κ3) is 3.18. The van der Waals surface area contributed by atoms with Crippen LogP contribution in [0.1, 0.15) is 23.3 Å². The van der Waals surface area contributed by atoms with E-state index < -0.39 is 5.60 Å². The number of aromatic nitrogens is 4. The van der Waals surface area contributed by atoms with Crippen LogP contribution in [0.25, 0.3) is 10.9 Å². The molecule has 3 heterocycles. The van der Waals surface area contributed by atoms with Crippen molar-refractivity contribution in [1.82, 2.24) is 24.9 Å². The van der Waals surface area contributed by atoms with Gasteiger partial charge in [0.15, 0.2) is 0 Å². The summed E-state index contributed by atoms with van der Waals surface area (Å²) in [6.07, 6.45) is 4.57. The number of piperidine rings is 1. The van der Waals surface area contributed by atoms with Gasteiger partial charge in [0.05, 0.1) is 29.3 Å². The Labute approximate surface area is 159 Å². The molecule has 9 heteroatoms. The van der Waals surface area contributed by atoms with Crippen LogP contribution in [-0.2, 0) is 6.54 Å². The topological polar surface area (TPSA) is 87.0 Å². The number of hydrogen-bond acceptors (Lipinski definition) is 4. The lowest BCUT2D eigenvalue weighted by atomic mass is 9.92. The summed E-state index contributed by atoms with van der Waals surface area (Å²) in [7, 11) is 0. The van der Waals surface area contributed by atoms with E-state index in [1.54, 1.807) is 40.2 Å². The summed E-state index contributed by atoms with van der Waals surface area (Å²) in [6.45, 7) is 1.11. The molecule has 3 aromatic rings. The number of fused-ring (bicyclic) bond motifs is 1. The maximum atomic E-state index is 12.9. The predicted molar refractivity (Wildman–Crippen MR) is 98.4 cm³/mol. The molecule has 136 valence electrons. The third-order valence-corrected chi connectivity index (χ3v) is 5.51. The number of nitrogens with zero attached hydrogens (tertiary/aromatic N) is 4. The largest absolute Gasteiger partial charge is 0.386 e. The number of rotatable bonds is 3. The molecule has 7 nitrogen and oxygen atoms in total. The number of carbonyl (C=O) groups is 1. The monoisotopic (exact) mass is 393 g/mol. The van der Waals surface area contributed by atoms with E-state index in [0.29, 0.717) is 47.1 Å². The fourth-order valence-electron chi connectivity index (χ4n) is 3.46. The molecule has 2 aromatic heterocycles. The number of benzene rings is 1. The Morgan fingerprint density at radius 3 is 3.00 bits per heavy atom. The van der Waals surface area contributed by atoms with Gasteiger partial charge in [0.2, 0.25) is 0 Å². The Morgan fingerprint density at radius 1 is 1.38 bits per heavy atom. The average Bonchev–Trinajstić information content (AvgIpc) is 3.27. The minimum absolute atomic E-state index is 0.176. The highest BCUT2D eigenvalue weighted by atomic mass is 35.5. The number of amides is 1. The maximum Gasteiger partial charge on any atom is 0.270 e. The van der Waals surface area contributed by atoms with Crippen molar-refractivity contribution in [1.29, 1.82) is 0 Å². The van der Waals surface area contributed by atoms with Crippen molar-refractivity contribution in [2.75, 3.05) is 13.1 Å². The standard InChI is InChI=1S/C17H17Cl2N5O2/c18-12-2-3-13-11(15(12)19)8-14(21-13)16(25)23-6-1-4-17(26,9-23)10-24-7-5-20-22-24/h2-3,5,7-8,21,26H,1,4,6,9-10H2. The van der Waals surface area contributed by atoms with Crippen LogP contribution in [0.2, 0.25) is 10.0 Å². The average molecular weight is 394 g/mol. The highest BCUT2D eigenvalue weighted by Crippen LogP contribution is 2.32. The molecule has 0 radical (unpaired) electrons. The number of aliphatic hydroxyl groups is 1. The summed E-state index contributed by atoms with van der Waals surface area (Å²) in [4.78, 5) is 17.7. The SMILES string of the molecule is O=C(c1cc2c(Cl)c(Cl)ccc2[nH]1)N1CCCC(O)(Cn2ccnn2)C1. The van der Waals surface area contributed by atoms with E-state index in [1.807, 2.05) is 0 Å². The van der Waals surface area contributed by atoms with E-state index >= 15 is 0 Å². The molecule has 1 atom stereocenters. The van der Waals surface area contributed by atoms with Gasteiger partial charge in [-0.2, -0.15) is 0 Å². The quantitative estimate of drug-likeness (QED) is 0.715. The summed E-state index contributed by atoms with van der Waals surface area (Å²) in [6, 6.07) is 5.18. The van der Waals surface area contributed by atoms with E-state index in [0.717, 1.165) is 5.52 Å². The zero-order chi connectivity index (χ0) is 18.3. The summed E-state index contributed by atoms with van der Waals surface area (Å²) in [5, 5.41) is 20.1. The normalized spacial score (nSPS) is 20.7. The molecule has 1 saturated heterocycles. The second kappa shape index (κ2) is 6.57. The van der Waals surface area contributed by atoms with Crippen molar-refractivity contribution in [3.63, 3.8) is 0 Å². The number of halogens is 2. The minimum atomic E-state index is -1.03. The zero-order valence-electron chi connectivity index (χ0n) is 13.8. The Hall–Kier alpha value is -2.09. The lowest BCUT2D eigenvalue weighted by Gasteiger charge is -2.38. The highest BCUT2D eigenvalue weighted by molar-refractivity contribution is 6.45. The van der Waals surface area contributed by atoms with Crippen molar-refractivity contribution in [3.8, 4) is 0 Å². The lowest BCUT2D eigenvalue weighted by Crippen LogP contribution is -2.52. The summed E-state index contributed by atoms with van der Waals surface area (Å²) in [5.41, 5.74) is 0.140. The van der Waals surface area contributed by atoms with E-state index in [2.05, 4.69) is 15.3 Å². The number of aromatic amines is 1. The number of hydrogen-bond donors (Lipinski definition) is 2. The Bertz CT molecular complexity index is 956. The second-order valence-electron chi connectivity index (χ2n) is 6.66. The van der Waals surface area contributed by atoms with Crippen LogP contribution in [0, 0.1) is 0 Å². The van der Waals surface area contributed by atoms with Crippen LogP contribution < -0.4 is 0 Å². The van der Waals surface area contributed by atoms with Gasteiger partial charge in [-0.25, -0.2) is 4.68 Å². The van der Waals surface area contributed by atoms with Crippen LogP contribution in [0.4, 0.5) is 0 Å². The Morgan fingerprint density at radius 2 is 2.23 bits per heavy atom.